The number of hydrogen-bond acceptors (Lipinski definition) is 3. The van der Waals surface area contributed by atoms with Gasteiger partial charge >= 0.3 is 0 Å². The maximum atomic E-state index is 6.35. The standard InChI is InChI=1S/C15H24N2S/c16-14-5-3-1-2-4-12(14)10-17-8-6-15-13(11-17)7-9-18-15/h7,9,12,14H,1-6,8,10-11,16H2. The van der Waals surface area contributed by atoms with Gasteiger partial charge in [-0.05, 0) is 42.2 Å². The maximum absolute atomic E-state index is 6.35. The molecule has 2 N–H and O–H groups in total. The van der Waals surface area contributed by atoms with Crippen molar-refractivity contribution in [1.29, 1.82) is 0 Å². The summed E-state index contributed by atoms with van der Waals surface area (Å²) < 4.78 is 0. The molecule has 0 bridgehead atoms. The topological polar surface area (TPSA) is 29.3 Å². The number of nitrogens with zero attached hydrogens (tertiary/aromatic N) is 1. The number of hydrogen-bond donors (Lipinski definition) is 1. The van der Waals surface area contributed by atoms with Crippen LogP contribution in [0.3, 0.4) is 0 Å². The van der Waals surface area contributed by atoms with Crippen molar-refractivity contribution in [3.05, 3.63) is 21.9 Å². The Morgan fingerprint density at radius 1 is 1.28 bits per heavy atom. The molecule has 2 atom stereocenters. The van der Waals surface area contributed by atoms with Crippen molar-refractivity contribution in [3.8, 4) is 0 Å². The Balaban J connectivity index is 1.60. The zero-order chi connectivity index (χ0) is 12.4. The third kappa shape index (κ3) is 2.79. The highest BCUT2D eigenvalue weighted by atomic mass is 32.1. The molecule has 100 valence electrons. The molecule has 3 heteroatoms. The van der Waals surface area contributed by atoms with Gasteiger partial charge in [-0.25, -0.2) is 0 Å². The van der Waals surface area contributed by atoms with Gasteiger partial charge in [0.1, 0.15) is 0 Å². The van der Waals surface area contributed by atoms with Gasteiger partial charge in [-0.15, -0.1) is 11.3 Å². The Bertz CT molecular complexity index is 388. The second-order valence-electron chi connectivity index (χ2n) is 5.92. The lowest BCUT2D eigenvalue weighted by Gasteiger charge is -2.32. The second kappa shape index (κ2) is 5.72. The molecule has 2 heterocycles. The lowest BCUT2D eigenvalue weighted by atomic mass is 9.94. The van der Waals surface area contributed by atoms with Gasteiger partial charge in [0.2, 0.25) is 0 Å². The maximum Gasteiger partial charge on any atom is 0.0245 e. The molecular weight excluding hydrogens is 240 g/mol. The fourth-order valence-electron chi connectivity index (χ4n) is 3.43. The summed E-state index contributed by atoms with van der Waals surface area (Å²) in [5, 5.41) is 2.24. The third-order valence-electron chi connectivity index (χ3n) is 4.60. The van der Waals surface area contributed by atoms with Crippen molar-refractivity contribution in [2.75, 3.05) is 13.1 Å². The summed E-state index contributed by atoms with van der Waals surface area (Å²) in [6.45, 7) is 3.61. The van der Waals surface area contributed by atoms with E-state index in [0.29, 0.717) is 6.04 Å². The van der Waals surface area contributed by atoms with Crippen molar-refractivity contribution in [2.45, 2.75) is 51.1 Å². The third-order valence-corrected chi connectivity index (χ3v) is 5.62. The average molecular weight is 264 g/mol. The monoisotopic (exact) mass is 264 g/mol. The predicted molar refractivity (Wildman–Crippen MR) is 77.9 cm³/mol. The summed E-state index contributed by atoms with van der Waals surface area (Å²) in [5.74, 6) is 0.729. The van der Waals surface area contributed by atoms with E-state index < -0.39 is 0 Å². The Kier molecular flexibility index (Phi) is 4.02. The van der Waals surface area contributed by atoms with Crippen LogP contribution in [0.1, 0.15) is 42.5 Å². The van der Waals surface area contributed by atoms with E-state index in [1.807, 2.05) is 11.3 Å². The molecule has 1 aliphatic carbocycles. The van der Waals surface area contributed by atoms with Gasteiger partial charge < -0.3 is 5.73 Å². The number of nitrogens with two attached hydrogens (primary N) is 1. The average Bonchev–Trinajstić information content (AvgIpc) is 2.75. The molecule has 18 heavy (non-hydrogen) atoms. The normalized spacial score (nSPS) is 29.8. The van der Waals surface area contributed by atoms with E-state index in [1.165, 1.54) is 51.6 Å². The van der Waals surface area contributed by atoms with E-state index in [1.54, 1.807) is 10.4 Å². The van der Waals surface area contributed by atoms with Crippen molar-refractivity contribution in [1.82, 2.24) is 4.90 Å². The van der Waals surface area contributed by atoms with Gasteiger partial charge in [-0.3, -0.25) is 4.90 Å². The van der Waals surface area contributed by atoms with E-state index in [-0.39, 0.29) is 0 Å². The summed E-state index contributed by atoms with van der Waals surface area (Å²) in [4.78, 5) is 4.24. The van der Waals surface area contributed by atoms with Crippen LogP contribution in [-0.4, -0.2) is 24.0 Å². The van der Waals surface area contributed by atoms with E-state index >= 15 is 0 Å². The minimum absolute atomic E-state index is 0.441. The molecule has 1 aromatic heterocycles. The Morgan fingerprint density at radius 3 is 3.11 bits per heavy atom. The first-order chi connectivity index (χ1) is 8.83. The molecule has 0 aromatic carbocycles. The van der Waals surface area contributed by atoms with Crippen LogP contribution in [0.5, 0.6) is 0 Å². The van der Waals surface area contributed by atoms with E-state index in [4.69, 9.17) is 5.73 Å². The van der Waals surface area contributed by atoms with Crippen molar-refractivity contribution >= 4 is 11.3 Å². The molecule has 1 aliphatic heterocycles. The molecule has 1 saturated carbocycles. The van der Waals surface area contributed by atoms with Gasteiger partial charge in [0.25, 0.3) is 0 Å². The highest BCUT2D eigenvalue weighted by Crippen LogP contribution is 2.27. The van der Waals surface area contributed by atoms with Crippen LogP contribution in [0, 0.1) is 5.92 Å². The van der Waals surface area contributed by atoms with Crippen LogP contribution >= 0.6 is 11.3 Å². The highest BCUT2D eigenvalue weighted by Gasteiger charge is 2.25. The molecule has 0 radical (unpaired) electrons. The van der Waals surface area contributed by atoms with Crippen molar-refractivity contribution < 1.29 is 0 Å². The van der Waals surface area contributed by atoms with Gasteiger partial charge in [-0.2, -0.15) is 0 Å². The first-order valence-electron chi connectivity index (χ1n) is 7.36. The molecule has 0 spiro atoms. The zero-order valence-electron chi connectivity index (χ0n) is 11.1. The van der Waals surface area contributed by atoms with Crippen LogP contribution in [0.2, 0.25) is 0 Å². The molecule has 0 amide bonds. The first kappa shape index (κ1) is 12.6. The summed E-state index contributed by atoms with van der Waals surface area (Å²) in [5.41, 5.74) is 7.91. The first-order valence-corrected chi connectivity index (χ1v) is 8.24. The number of rotatable bonds is 2. The Hall–Kier alpha value is -0.380. The molecule has 3 rings (SSSR count). The molecule has 2 unspecified atom stereocenters. The Labute approximate surface area is 114 Å². The van der Waals surface area contributed by atoms with Gasteiger partial charge in [0.15, 0.2) is 0 Å². The molecule has 2 nitrogen and oxygen atoms in total. The molecule has 1 aromatic rings. The van der Waals surface area contributed by atoms with E-state index in [0.717, 1.165) is 12.5 Å². The Morgan fingerprint density at radius 2 is 2.17 bits per heavy atom. The van der Waals surface area contributed by atoms with Crippen LogP contribution < -0.4 is 5.73 Å². The smallest absolute Gasteiger partial charge is 0.0245 e. The fraction of sp³-hybridized carbons (Fsp3) is 0.733. The summed E-state index contributed by atoms with van der Waals surface area (Å²) >= 11 is 1.93. The largest absolute Gasteiger partial charge is 0.327 e. The number of thiophene rings is 1. The summed E-state index contributed by atoms with van der Waals surface area (Å²) in [7, 11) is 0. The highest BCUT2D eigenvalue weighted by molar-refractivity contribution is 7.10. The van der Waals surface area contributed by atoms with Crippen LogP contribution in [0.4, 0.5) is 0 Å². The molecule has 0 saturated heterocycles. The minimum Gasteiger partial charge on any atom is -0.327 e. The van der Waals surface area contributed by atoms with Crippen LogP contribution in [0.25, 0.3) is 0 Å². The predicted octanol–water partition coefficient (Wildman–Crippen LogP) is 3.01. The molecule has 1 fully saturated rings. The second-order valence-corrected chi connectivity index (χ2v) is 6.92. The minimum atomic E-state index is 0.441. The van der Waals surface area contributed by atoms with Crippen LogP contribution in [-0.2, 0) is 13.0 Å². The SMILES string of the molecule is NC1CCCCCC1CN1CCc2sccc2C1. The molecular formula is C15H24N2S. The lowest BCUT2D eigenvalue weighted by Crippen LogP contribution is -2.40. The van der Waals surface area contributed by atoms with E-state index in [2.05, 4.69) is 16.3 Å². The van der Waals surface area contributed by atoms with Crippen LogP contribution in [0.15, 0.2) is 11.4 Å². The van der Waals surface area contributed by atoms with Crippen molar-refractivity contribution in [2.24, 2.45) is 11.7 Å². The fourth-order valence-corrected chi connectivity index (χ4v) is 4.32. The van der Waals surface area contributed by atoms with Gasteiger partial charge in [0, 0.05) is 30.6 Å². The van der Waals surface area contributed by atoms with Crippen molar-refractivity contribution in [3.63, 3.8) is 0 Å². The molecule has 2 aliphatic rings. The van der Waals surface area contributed by atoms with Gasteiger partial charge in [-0.1, -0.05) is 19.3 Å². The van der Waals surface area contributed by atoms with E-state index in [9.17, 15) is 0 Å². The summed E-state index contributed by atoms with van der Waals surface area (Å²) in [6.07, 6.45) is 7.94. The van der Waals surface area contributed by atoms with Gasteiger partial charge in [0.05, 0.1) is 0 Å². The number of fused-ring (bicyclic) bond motifs is 1. The quantitative estimate of drug-likeness (QED) is 0.832. The zero-order valence-corrected chi connectivity index (χ0v) is 11.9. The summed E-state index contributed by atoms with van der Waals surface area (Å²) in [6, 6.07) is 2.75. The lowest BCUT2D eigenvalue weighted by molar-refractivity contribution is 0.193.